The van der Waals surface area contributed by atoms with E-state index in [0.29, 0.717) is 18.1 Å². The van der Waals surface area contributed by atoms with Gasteiger partial charge in [0.2, 0.25) is 5.60 Å². The van der Waals surface area contributed by atoms with E-state index < -0.39 is 23.5 Å². The molecular weight excluding hydrogens is 443 g/mol. The van der Waals surface area contributed by atoms with E-state index in [9.17, 15) is 18.3 Å². The molecule has 0 aromatic heterocycles. The van der Waals surface area contributed by atoms with Crippen molar-refractivity contribution in [2.45, 2.75) is 76.2 Å². The number of hydrogen-bond acceptors (Lipinski definition) is 4. The number of rotatable bonds is 5. The van der Waals surface area contributed by atoms with Gasteiger partial charge in [0.25, 0.3) is 0 Å². The van der Waals surface area contributed by atoms with Gasteiger partial charge < -0.3 is 14.6 Å². The van der Waals surface area contributed by atoms with Crippen molar-refractivity contribution in [3.05, 3.63) is 65.7 Å². The van der Waals surface area contributed by atoms with Crippen molar-refractivity contribution >= 4 is 0 Å². The summed E-state index contributed by atoms with van der Waals surface area (Å²) in [6, 6.07) is 14.8. The van der Waals surface area contributed by atoms with E-state index in [0.717, 1.165) is 18.4 Å². The zero-order chi connectivity index (χ0) is 24.7. The van der Waals surface area contributed by atoms with Crippen LogP contribution in [0.15, 0.2) is 54.6 Å². The second-order valence-corrected chi connectivity index (χ2v) is 10.3. The Balaban J connectivity index is 1.84. The summed E-state index contributed by atoms with van der Waals surface area (Å²) in [5.74, 6) is 0.843. The first kappa shape index (κ1) is 25.0. The van der Waals surface area contributed by atoms with Crippen LogP contribution in [0, 0.1) is 11.8 Å². The third-order valence-corrected chi connectivity index (χ3v) is 7.80. The maximum Gasteiger partial charge on any atom is 0.425 e. The first-order chi connectivity index (χ1) is 16.0. The van der Waals surface area contributed by atoms with Gasteiger partial charge >= 0.3 is 6.18 Å². The summed E-state index contributed by atoms with van der Waals surface area (Å²) in [6.45, 7) is 6.32. The quantitative estimate of drug-likeness (QED) is 0.583. The number of halogens is 3. The predicted octanol–water partition coefficient (Wildman–Crippen LogP) is 5.89. The van der Waals surface area contributed by atoms with Crippen molar-refractivity contribution in [2.24, 2.45) is 11.8 Å². The summed E-state index contributed by atoms with van der Waals surface area (Å²) in [6.07, 6.45) is -4.36. The minimum atomic E-state index is -4.97. The van der Waals surface area contributed by atoms with Crippen molar-refractivity contribution in [3.8, 4) is 5.75 Å². The number of ether oxygens (including phenoxy) is 2. The van der Waals surface area contributed by atoms with Gasteiger partial charge in [-0.2, -0.15) is 13.2 Å². The molecule has 5 atom stereocenters. The molecule has 1 N–H and O–H groups in total. The molecule has 1 aliphatic carbocycles. The summed E-state index contributed by atoms with van der Waals surface area (Å²) < 4.78 is 55.9. The summed E-state index contributed by atoms with van der Waals surface area (Å²) >= 11 is 0. The fraction of sp³-hybridized carbons (Fsp3) is 0.556. The molecule has 34 heavy (non-hydrogen) atoms. The molecule has 2 aromatic rings. The van der Waals surface area contributed by atoms with Crippen molar-refractivity contribution in [1.29, 1.82) is 0 Å². The molecule has 4 rings (SSSR count). The first-order valence-corrected chi connectivity index (χ1v) is 11.9. The molecule has 1 heterocycles. The zero-order valence-corrected chi connectivity index (χ0v) is 20.2. The largest absolute Gasteiger partial charge is 0.497 e. The second-order valence-electron chi connectivity index (χ2n) is 10.3. The Morgan fingerprint density at radius 3 is 2.29 bits per heavy atom. The maximum atomic E-state index is 14.8. The molecule has 1 aliphatic heterocycles. The van der Waals surface area contributed by atoms with E-state index in [2.05, 4.69) is 6.92 Å². The number of benzene rings is 2. The van der Waals surface area contributed by atoms with Crippen LogP contribution in [0.5, 0.6) is 5.75 Å². The van der Waals surface area contributed by atoms with E-state index in [1.54, 1.807) is 4.90 Å². The van der Waals surface area contributed by atoms with Crippen LogP contribution in [0.2, 0.25) is 0 Å². The van der Waals surface area contributed by atoms with Gasteiger partial charge in [0.15, 0.2) is 6.23 Å². The van der Waals surface area contributed by atoms with Crippen LogP contribution in [0.3, 0.4) is 0 Å². The average molecular weight is 478 g/mol. The van der Waals surface area contributed by atoms with Gasteiger partial charge in [-0.25, -0.2) is 0 Å². The molecule has 1 saturated heterocycles. The topological polar surface area (TPSA) is 41.9 Å². The van der Waals surface area contributed by atoms with Crippen LogP contribution in [0.25, 0.3) is 0 Å². The highest BCUT2D eigenvalue weighted by atomic mass is 19.4. The van der Waals surface area contributed by atoms with Gasteiger partial charge in [0.1, 0.15) is 5.75 Å². The third kappa shape index (κ3) is 4.34. The van der Waals surface area contributed by atoms with Crippen LogP contribution in [-0.4, -0.2) is 41.2 Å². The zero-order valence-electron chi connectivity index (χ0n) is 20.2. The third-order valence-electron chi connectivity index (χ3n) is 7.80. The fourth-order valence-corrected chi connectivity index (χ4v) is 5.72. The molecule has 7 heteroatoms. The van der Waals surface area contributed by atoms with Gasteiger partial charge in [-0.1, -0.05) is 55.8 Å². The van der Waals surface area contributed by atoms with E-state index in [-0.39, 0.29) is 24.1 Å². The Labute approximate surface area is 199 Å². The Hall–Kier alpha value is -2.09. The Bertz CT molecular complexity index is 963. The van der Waals surface area contributed by atoms with E-state index in [1.165, 1.54) is 31.4 Å². The van der Waals surface area contributed by atoms with Crippen LogP contribution < -0.4 is 4.74 Å². The summed E-state index contributed by atoms with van der Waals surface area (Å²) in [4.78, 5) is 1.72. The highest BCUT2D eigenvalue weighted by Crippen LogP contribution is 2.52. The normalized spacial score (nSPS) is 29.2. The van der Waals surface area contributed by atoms with E-state index in [4.69, 9.17) is 9.47 Å². The predicted molar refractivity (Wildman–Crippen MR) is 124 cm³/mol. The highest BCUT2D eigenvalue weighted by molar-refractivity contribution is 5.33. The van der Waals surface area contributed by atoms with E-state index in [1.807, 2.05) is 44.2 Å². The lowest BCUT2D eigenvalue weighted by Gasteiger charge is -2.60. The number of alkyl halides is 3. The molecule has 1 saturated carbocycles. The van der Waals surface area contributed by atoms with Gasteiger partial charge in [0, 0.05) is 18.0 Å². The number of methoxy groups -OCH3 is 1. The number of nitrogens with zero attached hydrogens (tertiary/aromatic N) is 1. The molecule has 2 fully saturated rings. The van der Waals surface area contributed by atoms with Crippen molar-refractivity contribution in [3.63, 3.8) is 0 Å². The molecular formula is C27H34F3NO3. The maximum absolute atomic E-state index is 14.8. The Morgan fingerprint density at radius 1 is 1.06 bits per heavy atom. The van der Waals surface area contributed by atoms with E-state index >= 15 is 0 Å². The fourth-order valence-electron chi connectivity index (χ4n) is 5.72. The smallest absolute Gasteiger partial charge is 0.425 e. The Kier molecular flexibility index (Phi) is 6.75. The minimum Gasteiger partial charge on any atom is -0.497 e. The van der Waals surface area contributed by atoms with Crippen molar-refractivity contribution in [1.82, 2.24) is 4.90 Å². The lowest BCUT2D eigenvalue weighted by atomic mass is 9.68. The van der Waals surface area contributed by atoms with Gasteiger partial charge in [-0.3, -0.25) is 4.90 Å². The SMILES string of the molecule is COc1ccc([C@](O)(C2OC3CC(C)CCC3C(C)(C)N2Cc2ccccc2)C(F)(F)F)cc1. The molecule has 2 aromatic carbocycles. The number of fused-ring (bicyclic) bond motifs is 1. The molecule has 0 bridgehead atoms. The van der Waals surface area contributed by atoms with Crippen molar-refractivity contribution < 1.29 is 27.8 Å². The standard InChI is InChI=1S/C27H34F3NO3/c1-18-10-15-22-23(16-18)34-24(31(25(22,2)3)17-19-8-6-5-7-9-19)26(32,27(28,29)30)20-11-13-21(33-4)14-12-20/h5-9,11-14,18,22-24,32H,10,15-17H2,1-4H3/t18?,22?,23?,24?,26-/m0/s1. The molecule has 0 radical (unpaired) electrons. The summed E-state index contributed by atoms with van der Waals surface area (Å²) in [5, 5.41) is 11.6. The Morgan fingerprint density at radius 2 is 1.71 bits per heavy atom. The molecule has 0 spiro atoms. The number of aliphatic hydroxyl groups is 1. The van der Waals surface area contributed by atoms with Crippen LogP contribution in [0.4, 0.5) is 13.2 Å². The molecule has 4 nitrogen and oxygen atoms in total. The van der Waals surface area contributed by atoms with Crippen LogP contribution >= 0.6 is 0 Å². The van der Waals surface area contributed by atoms with Gasteiger partial charge in [-0.15, -0.1) is 0 Å². The van der Waals surface area contributed by atoms with Gasteiger partial charge in [0.05, 0.1) is 13.2 Å². The minimum absolute atomic E-state index is 0.0667. The second kappa shape index (κ2) is 9.17. The lowest BCUT2D eigenvalue weighted by Crippen LogP contribution is -2.71. The summed E-state index contributed by atoms with van der Waals surface area (Å²) in [7, 11) is 1.45. The molecule has 2 aliphatic rings. The monoisotopic (exact) mass is 477 g/mol. The molecule has 186 valence electrons. The molecule has 0 amide bonds. The van der Waals surface area contributed by atoms with Crippen molar-refractivity contribution in [2.75, 3.05) is 7.11 Å². The summed E-state index contributed by atoms with van der Waals surface area (Å²) in [5.41, 5.74) is -3.25. The average Bonchev–Trinajstić information content (AvgIpc) is 2.80. The lowest BCUT2D eigenvalue weighted by molar-refractivity contribution is -0.366. The number of hydrogen-bond donors (Lipinski definition) is 1. The van der Waals surface area contributed by atoms with Gasteiger partial charge in [-0.05, 0) is 55.9 Å². The first-order valence-electron chi connectivity index (χ1n) is 11.9. The molecule has 4 unspecified atom stereocenters. The highest BCUT2D eigenvalue weighted by Gasteiger charge is 2.66. The van der Waals surface area contributed by atoms with Crippen LogP contribution in [-0.2, 0) is 16.9 Å². The van der Waals surface area contributed by atoms with Crippen LogP contribution in [0.1, 0.15) is 51.2 Å².